The number of ether oxygens (including phenoxy) is 1. The van der Waals surface area contributed by atoms with Crippen molar-refractivity contribution in [2.45, 2.75) is 43.4 Å². The van der Waals surface area contributed by atoms with E-state index in [4.69, 9.17) is 9.84 Å². The summed E-state index contributed by atoms with van der Waals surface area (Å²) >= 11 is 0. The van der Waals surface area contributed by atoms with Gasteiger partial charge in [-0.3, -0.25) is 9.59 Å². The summed E-state index contributed by atoms with van der Waals surface area (Å²) < 4.78 is 45.7. The molecule has 2 aliphatic carbocycles. The van der Waals surface area contributed by atoms with Crippen molar-refractivity contribution in [1.29, 1.82) is 0 Å². The molecule has 34 heavy (non-hydrogen) atoms. The summed E-state index contributed by atoms with van der Waals surface area (Å²) in [4.78, 5) is 35.6. The van der Waals surface area contributed by atoms with E-state index in [2.05, 4.69) is 5.32 Å². The van der Waals surface area contributed by atoms with Crippen molar-refractivity contribution in [1.82, 2.24) is 10.6 Å². The van der Waals surface area contributed by atoms with Crippen LogP contribution in [0.4, 0.5) is 18.0 Å². The molecule has 2 aromatic rings. The third kappa shape index (κ3) is 4.85. The molecule has 0 saturated heterocycles. The van der Waals surface area contributed by atoms with Crippen LogP contribution < -0.4 is 10.6 Å². The van der Waals surface area contributed by atoms with E-state index in [-0.39, 0.29) is 31.8 Å². The fraction of sp³-hybridized carbons (Fsp3) is 0.375. The van der Waals surface area contributed by atoms with Crippen molar-refractivity contribution >= 4 is 18.0 Å². The Bertz CT molecular complexity index is 1060. The number of benzene rings is 2. The number of carboxylic acids is 1. The van der Waals surface area contributed by atoms with Gasteiger partial charge < -0.3 is 20.5 Å². The van der Waals surface area contributed by atoms with E-state index >= 15 is 0 Å². The number of fused-ring (bicyclic) bond motifs is 3. The fourth-order valence-electron chi connectivity index (χ4n) is 4.68. The van der Waals surface area contributed by atoms with Gasteiger partial charge in [-0.25, -0.2) is 4.79 Å². The standard InChI is InChI=1S/C24H23F3N2O5/c25-24(26,27)20(21(30)28-14-10-9-13(11-14)22(31)32)29-23(33)34-12-19-17-7-3-1-5-15(17)16-6-2-4-8-18(16)19/h1-8,13-14,19-20H,9-12H2,(H,28,30)(H,29,33)(H,31,32)/t13-,14+,20?/m1/s1. The number of carboxylic acid groups (broad SMARTS) is 1. The third-order valence-electron chi connectivity index (χ3n) is 6.32. The summed E-state index contributed by atoms with van der Waals surface area (Å²) in [7, 11) is 0. The highest BCUT2D eigenvalue weighted by Crippen LogP contribution is 2.44. The molecule has 1 fully saturated rings. The number of carbonyl (C=O) groups excluding carboxylic acids is 2. The summed E-state index contributed by atoms with van der Waals surface area (Å²) in [5.74, 6) is -3.56. The quantitative estimate of drug-likeness (QED) is 0.588. The van der Waals surface area contributed by atoms with Crippen molar-refractivity contribution in [2.24, 2.45) is 5.92 Å². The predicted molar refractivity (Wildman–Crippen MR) is 115 cm³/mol. The van der Waals surface area contributed by atoms with E-state index in [1.807, 2.05) is 48.5 Å². The Kier molecular flexibility index (Phi) is 6.49. The first-order valence-electron chi connectivity index (χ1n) is 10.9. The minimum Gasteiger partial charge on any atom is -0.481 e. The van der Waals surface area contributed by atoms with Crippen molar-refractivity contribution in [2.75, 3.05) is 6.61 Å². The molecule has 2 aliphatic rings. The van der Waals surface area contributed by atoms with Crippen LogP contribution in [-0.4, -0.2) is 47.9 Å². The molecule has 180 valence electrons. The number of hydrogen-bond acceptors (Lipinski definition) is 4. The number of carbonyl (C=O) groups is 3. The number of rotatable bonds is 6. The molecule has 0 heterocycles. The average molecular weight is 476 g/mol. The highest BCUT2D eigenvalue weighted by Gasteiger charge is 2.47. The second-order valence-corrected chi connectivity index (χ2v) is 8.50. The molecule has 0 spiro atoms. The molecule has 0 aliphatic heterocycles. The number of halogens is 3. The van der Waals surface area contributed by atoms with Gasteiger partial charge in [-0.05, 0) is 41.5 Å². The van der Waals surface area contributed by atoms with Gasteiger partial charge in [0.25, 0.3) is 5.91 Å². The van der Waals surface area contributed by atoms with Crippen LogP contribution in [0.2, 0.25) is 0 Å². The minimum absolute atomic E-state index is 0.0383. The van der Waals surface area contributed by atoms with Gasteiger partial charge >= 0.3 is 18.2 Å². The lowest BCUT2D eigenvalue weighted by atomic mass is 9.98. The van der Waals surface area contributed by atoms with E-state index in [1.54, 1.807) is 5.32 Å². The highest BCUT2D eigenvalue weighted by atomic mass is 19.4. The third-order valence-corrected chi connectivity index (χ3v) is 6.32. The number of alkyl carbamates (subject to hydrolysis) is 1. The van der Waals surface area contributed by atoms with Crippen LogP contribution in [0.3, 0.4) is 0 Å². The van der Waals surface area contributed by atoms with Crippen molar-refractivity contribution in [3.63, 3.8) is 0 Å². The van der Waals surface area contributed by atoms with Crippen LogP contribution in [-0.2, 0) is 14.3 Å². The van der Waals surface area contributed by atoms with Gasteiger partial charge in [-0.15, -0.1) is 0 Å². The largest absolute Gasteiger partial charge is 0.481 e. The molecular formula is C24H23F3N2O5. The normalized spacial score (nSPS) is 20.2. The summed E-state index contributed by atoms with van der Waals surface area (Å²) in [6, 6.07) is 11.5. The zero-order valence-corrected chi connectivity index (χ0v) is 18.0. The van der Waals surface area contributed by atoms with Gasteiger partial charge in [0.1, 0.15) is 6.61 Å². The van der Waals surface area contributed by atoms with E-state index < -0.39 is 42.1 Å². The number of hydrogen-bond donors (Lipinski definition) is 3. The molecule has 4 rings (SSSR count). The lowest BCUT2D eigenvalue weighted by Gasteiger charge is -2.23. The fourth-order valence-corrected chi connectivity index (χ4v) is 4.68. The summed E-state index contributed by atoms with van der Waals surface area (Å²) in [6.07, 6.45) is -5.87. The molecule has 3 atom stereocenters. The lowest BCUT2D eigenvalue weighted by Crippen LogP contribution is -2.56. The molecule has 2 amide bonds. The number of aliphatic carboxylic acids is 1. The summed E-state index contributed by atoms with van der Waals surface area (Å²) in [5.41, 5.74) is 3.73. The number of alkyl halides is 3. The second kappa shape index (κ2) is 9.36. The van der Waals surface area contributed by atoms with Crippen molar-refractivity contribution in [3.05, 3.63) is 59.7 Å². The SMILES string of the molecule is O=C(NC(C(=O)N[C@H]1CC[C@@H](C(=O)O)C1)C(F)(F)F)OCC1c2ccccc2-c2ccccc21. The molecule has 2 aromatic carbocycles. The zero-order chi connectivity index (χ0) is 24.5. The topological polar surface area (TPSA) is 105 Å². The van der Waals surface area contributed by atoms with Gasteiger partial charge in [-0.1, -0.05) is 48.5 Å². The van der Waals surface area contributed by atoms with Gasteiger partial charge in [0, 0.05) is 12.0 Å². The molecular weight excluding hydrogens is 453 g/mol. The van der Waals surface area contributed by atoms with Crippen LogP contribution >= 0.6 is 0 Å². The molecule has 7 nitrogen and oxygen atoms in total. The first kappa shape index (κ1) is 23.6. The molecule has 0 aromatic heterocycles. The number of amides is 2. The van der Waals surface area contributed by atoms with Gasteiger partial charge in [0.15, 0.2) is 0 Å². The molecule has 1 saturated carbocycles. The van der Waals surface area contributed by atoms with Crippen molar-refractivity contribution in [3.8, 4) is 11.1 Å². The van der Waals surface area contributed by atoms with Crippen molar-refractivity contribution < 1.29 is 37.4 Å². The average Bonchev–Trinajstić information content (AvgIpc) is 3.38. The van der Waals surface area contributed by atoms with Gasteiger partial charge in [-0.2, -0.15) is 13.2 Å². The first-order chi connectivity index (χ1) is 16.1. The maximum Gasteiger partial charge on any atom is 0.417 e. The Morgan fingerprint density at radius 3 is 2.12 bits per heavy atom. The maximum absolute atomic E-state index is 13.5. The van der Waals surface area contributed by atoms with E-state index in [1.165, 1.54) is 0 Å². The molecule has 0 bridgehead atoms. The Labute approximate surface area is 193 Å². The minimum atomic E-state index is -5.06. The molecule has 0 radical (unpaired) electrons. The van der Waals surface area contributed by atoms with Gasteiger partial charge in [0.05, 0.1) is 5.92 Å². The lowest BCUT2D eigenvalue weighted by molar-refractivity contribution is -0.168. The van der Waals surface area contributed by atoms with Crippen LogP contribution in [0, 0.1) is 5.92 Å². The smallest absolute Gasteiger partial charge is 0.417 e. The van der Waals surface area contributed by atoms with E-state index in [9.17, 15) is 27.6 Å². The van der Waals surface area contributed by atoms with E-state index in [0.717, 1.165) is 22.3 Å². The predicted octanol–water partition coefficient (Wildman–Crippen LogP) is 3.83. The highest BCUT2D eigenvalue weighted by molar-refractivity contribution is 5.87. The van der Waals surface area contributed by atoms with Crippen LogP contribution in [0.5, 0.6) is 0 Å². The zero-order valence-electron chi connectivity index (χ0n) is 18.0. The second-order valence-electron chi connectivity index (χ2n) is 8.50. The van der Waals surface area contributed by atoms with Crippen LogP contribution in [0.1, 0.15) is 36.3 Å². The Morgan fingerprint density at radius 2 is 1.59 bits per heavy atom. The Morgan fingerprint density at radius 1 is 1.00 bits per heavy atom. The Hall–Kier alpha value is -3.56. The first-order valence-corrected chi connectivity index (χ1v) is 10.9. The molecule has 3 N–H and O–H groups in total. The molecule has 1 unspecified atom stereocenters. The summed E-state index contributed by atoms with van der Waals surface area (Å²) in [5, 5.41) is 12.9. The van der Waals surface area contributed by atoms with Gasteiger partial charge in [0.2, 0.25) is 6.04 Å². The van der Waals surface area contributed by atoms with E-state index in [0.29, 0.717) is 0 Å². The number of nitrogens with one attached hydrogen (secondary N) is 2. The maximum atomic E-state index is 13.5. The van der Waals surface area contributed by atoms with Crippen LogP contribution in [0.25, 0.3) is 11.1 Å². The molecule has 10 heteroatoms. The Balaban J connectivity index is 1.39. The monoisotopic (exact) mass is 476 g/mol. The van der Waals surface area contributed by atoms with Crippen LogP contribution in [0.15, 0.2) is 48.5 Å². The summed E-state index contributed by atoms with van der Waals surface area (Å²) in [6.45, 7) is -0.199.